The van der Waals surface area contributed by atoms with Crippen LogP contribution in [0.5, 0.6) is 17.2 Å². The van der Waals surface area contributed by atoms with Crippen LogP contribution in [0.15, 0.2) is 18.2 Å². The Morgan fingerprint density at radius 1 is 1.32 bits per heavy atom. The summed E-state index contributed by atoms with van der Waals surface area (Å²) in [5, 5.41) is 8.48. The molecule has 0 aliphatic carbocycles. The number of methoxy groups -OCH3 is 1. The largest absolute Gasteiger partial charge is 0.493 e. The van der Waals surface area contributed by atoms with Crippen molar-refractivity contribution in [1.82, 2.24) is 0 Å². The molecule has 19 heavy (non-hydrogen) atoms. The summed E-state index contributed by atoms with van der Waals surface area (Å²) in [5.41, 5.74) is 0.593. The number of carbonyl (C=O) groups is 2. The Morgan fingerprint density at radius 3 is 2.74 bits per heavy atom. The van der Waals surface area contributed by atoms with E-state index in [9.17, 15) is 9.59 Å². The van der Waals surface area contributed by atoms with E-state index in [1.54, 1.807) is 12.1 Å². The van der Waals surface area contributed by atoms with E-state index in [1.165, 1.54) is 13.2 Å². The molecule has 2 rings (SSSR count). The molecule has 1 N–H and O–H groups in total. The maximum Gasteiger partial charge on any atom is 0.376 e. The first-order valence-electron chi connectivity index (χ1n) is 5.55. The third-order valence-corrected chi connectivity index (χ3v) is 2.49. The van der Waals surface area contributed by atoms with Gasteiger partial charge in [-0.15, -0.1) is 0 Å². The van der Waals surface area contributed by atoms with E-state index in [0.717, 1.165) is 6.08 Å². The predicted molar refractivity (Wildman–Crippen MR) is 65.7 cm³/mol. The zero-order chi connectivity index (χ0) is 13.8. The fourth-order valence-corrected chi connectivity index (χ4v) is 1.63. The lowest BCUT2D eigenvalue weighted by molar-refractivity contribution is -0.146. The van der Waals surface area contributed by atoms with E-state index < -0.39 is 11.8 Å². The lowest BCUT2D eigenvalue weighted by Gasteiger charge is -2.20. The summed E-state index contributed by atoms with van der Waals surface area (Å²) in [4.78, 5) is 21.4. The van der Waals surface area contributed by atoms with Crippen LogP contribution in [0.4, 0.5) is 0 Å². The molecule has 0 unspecified atom stereocenters. The maximum atomic E-state index is 11.0. The van der Waals surface area contributed by atoms with Crippen molar-refractivity contribution in [1.29, 1.82) is 0 Å². The Bertz CT molecular complexity index is 529. The Hall–Kier alpha value is -2.50. The number of hydrogen-bond acceptors (Lipinski definition) is 5. The van der Waals surface area contributed by atoms with E-state index in [2.05, 4.69) is 0 Å². The fourth-order valence-electron chi connectivity index (χ4n) is 1.63. The number of ether oxygens (including phenoxy) is 3. The molecule has 1 aromatic rings. The van der Waals surface area contributed by atoms with E-state index in [1.807, 2.05) is 0 Å². The first kappa shape index (κ1) is 12.9. The van der Waals surface area contributed by atoms with Gasteiger partial charge >= 0.3 is 5.97 Å². The van der Waals surface area contributed by atoms with Gasteiger partial charge in [0.05, 0.1) is 7.11 Å². The van der Waals surface area contributed by atoms with Crippen LogP contribution in [0.1, 0.15) is 5.56 Å². The highest BCUT2D eigenvalue weighted by Crippen LogP contribution is 2.40. The molecular weight excluding hydrogens is 252 g/mol. The van der Waals surface area contributed by atoms with Crippen molar-refractivity contribution in [3.05, 3.63) is 23.8 Å². The van der Waals surface area contributed by atoms with Crippen molar-refractivity contribution in [2.45, 2.75) is 0 Å². The third kappa shape index (κ3) is 2.85. The van der Waals surface area contributed by atoms with Crippen molar-refractivity contribution in [2.75, 3.05) is 20.3 Å². The summed E-state index contributed by atoms with van der Waals surface area (Å²) in [6.45, 7) is 0.868. The highest BCUT2D eigenvalue weighted by molar-refractivity contribution is 6.38. The van der Waals surface area contributed by atoms with E-state index >= 15 is 0 Å². The molecule has 0 atom stereocenters. The minimum Gasteiger partial charge on any atom is -0.493 e. The molecule has 0 fully saturated rings. The zero-order valence-electron chi connectivity index (χ0n) is 10.2. The van der Waals surface area contributed by atoms with Crippen molar-refractivity contribution in [3.8, 4) is 17.2 Å². The molecule has 0 spiro atoms. The Morgan fingerprint density at radius 2 is 2.05 bits per heavy atom. The summed E-state index contributed by atoms with van der Waals surface area (Å²) in [6, 6.07) is 3.29. The van der Waals surface area contributed by atoms with Crippen LogP contribution in [0.3, 0.4) is 0 Å². The normalized spacial score (nSPS) is 13.3. The van der Waals surface area contributed by atoms with Gasteiger partial charge in [0.15, 0.2) is 11.5 Å². The number of carbonyl (C=O) groups excluding carboxylic acids is 1. The highest BCUT2D eigenvalue weighted by atomic mass is 16.6. The molecule has 1 aliphatic rings. The van der Waals surface area contributed by atoms with Gasteiger partial charge in [-0.1, -0.05) is 6.08 Å². The molecule has 6 nitrogen and oxygen atoms in total. The van der Waals surface area contributed by atoms with Gasteiger partial charge in [0.1, 0.15) is 13.2 Å². The van der Waals surface area contributed by atoms with Crippen LogP contribution in [-0.2, 0) is 9.59 Å². The van der Waals surface area contributed by atoms with Crippen LogP contribution >= 0.6 is 0 Å². The molecule has 100 valence electrons. The third-order valence-electron chi connectivity index (χ3n) is 2.49. The van der Waals surface area contributed by atoms with E-state index in [-0.39, 0.29) is 0 Å². The number of benzene rings is 1. The van der Waals surface area contributed by atoms with Gasteiger partial charge in [-0.05, 0) is 23.8 Å². The van der Waals surface area contributed by atoms with E-state index in [0.29, 0.717) is 36.0 Å². The monoisotopic (exact) mass is 264 g/mol. The van der Waals surface area contributed by atoms with E-state index in [4.69, 9.17) is 19.3 Å². The summed E-state index contributed by atoms with van der Waals surface area (Å²) in [7, 11) is 1.49. The van der Waals surface area contributed by atoms with Gasteiger partial charge in [-0.3, -0.25) is 4.79 Å². The van der Waals surface area contributed by atoms with Crippen LogP contribution in [-0.4, -0.2) is 37.2 Å². The Labute approximate surface area is 109 Å². The van der Waals surface area contributed by atoms with Gasteiger partial charge < -0.3 is 19.3 Å². The second kappa shape index (κ2) is 5.43. The summed E-state index contributed by atoms with van der Waals surface area (Å²) >= 11 is 0. The van der Waals surface area contributed by atoms with Gasteiger partial charge in [-0.25, -0.2) is 4.79 Å². The quantitative estimate of drug-likeness (QED) is 0.648. The smallest absolute Gasteiger partial charge is 0.376 e. The lowest BCUT2D eigenvalue weighted by atomic mass is 10.1. The van der Waals surface area contributed by atoms with Crippen molar-refractivity contribution >= 4 is 17.8 Å². The predicted octanol–water partition coefficient (Wildman–Crippen LogP) is 1.13. The minimum absolute atomic E-state index is 0.428. The average Bonchev–Trinajstić information content (AvgIpc) is 2.43. The number of hydrogen-bond donors (Lipinski definition) is 1. The SMILES string of the molecule is COc1cc(/C=C/C(=O)C(=O)O)cc2c1OCCO2. The summed E-state index contributed by atoms with van der Waals surface area (Å²) in [5.74, 6) is -1.00. The maximum absolute atomic E-state index is 11.0. The average molecular weight is 264 g/mol. The number of fused-ring (bicyclic) bond motifs is 1. The molecule has 0 aromatic heterocycles. The Balaban J connectivity index is 2.32. The van der Waals surface area contributed by atoms with Crippen molar-refractivity contribution in [3.63, 3.8) is 0 Å². The first-order valence-corrected chi connectivity index (χ1v) is 5.55. The topological polar surface area (TPSA) is 82.1 Å². The first-order chi connectivity index (χ1) is 9.11. The standard InChI is InChI=1S/C13H12O6/c1-17-10-6-8(2-3-9(14)13(15)16)7-11-12(10)19-5-4-18-11/h2-3,6-7H,4-5H2,1H3,(H,15,16)/b3-2+. The van der Waals surface area contributed by atoms with Crippen LogP contribution in [0.2, 0.25) is 0 Å². The molecule has 0 radical (unpaired) electrons. The van der Waals surface area contributed by atoms with Crippen LogP contribution in [0, 0.1) is 0 Å². The minimum atomic E-state index is -1.50. The number of rotatable bonds is 4. The molecule has 0 saturated carbocycles. The van der Waals surface area contributed by atoms with Gasteiger partial charge in [-0.2, -0.15) is 0 Å². The van der Waals surface area contributed by atoms with Crippen molar-refractivity contribution in [2.24, 2.45) is 0 Å². The highest BCUT2D eigenvalue weighted by Gasteiger charge is 2.18. The summed E-state index contributed by atoms with van der Waals surface area (Å²) in [6.07, 6.45) is 2.37. The second-order valence-corrected chi connectivity index (χ2v) is 3.75. The molecule has 1 aromatic carbocycles. The second-order valence-electron chi connectivity index (χ2n) is 3.75. The van der Waals surface area contributed by atoms with Gasteiger partial charge in [0.2, 0.25) is 5.75 Å². The van der Waals surface area contributed by atoms with Crippen LogP contribution < -0.4 is 14.2 Å². The molecule has 1 aliphatic heterocycles. The molecule has 0 bridgehead atoms. The molecule has 0 amide bonds. The number of carboxylic acid groups (broad SMARTS) is 1. The van der Waals surface area contributed by atoms with Gasteiger partial charge in [0, 0.05) is 0 Å². The Kier molecular flexibility index (Phi) is 3.70. The van der Waals surface area contributed by atoms with Crippen LogP contribution in [0.25, 0.3) is 6.08 Å². The number of aliphatic carboxylic acids is 1. The van der Waals surface area contributed by atoms with Crippen molar-refractivity contribution < 1.29 is 28.9 Å². The summed E-state index contributed by atoms with van der Waals surface area (Å²) < 4.78 is 16.0. The van der Waals surface area contributed by atoms with Gasteiger partial charge in [0.25, 0.3) is 5.78 Å². The fraction of sp³-hybridized carbons (Fsp3) is 0.231. The number of ketones is 1. The number of carboxylic acids is 1. The molecule has 0 saturated heterocycles. The molecule has 6 heteroatoms. The molecular formula is C13H12O6. The lowest BCUT2D eigenvalue weighted by Crippen LogP contribution is -2.16. The zero-order valence-corrected chi connectivity index (χ0v) is 10.2. The molecule has 1 heterocycles.